The highest BCUT2D eigenvalue weighted by Crippen LogP contribution is 2.16. The largest absolute Gasteiger partial charge is 0.394 e. The van der Waals surface area contributed by atoms with Crippen LogP contribution in [0.5, 0.6) is 0 Å². The lowest BCUT2D eigenvalue weighted by Gasteiger charge is -2.35. The van der Waals surface area contributed by atoms with Crippen LogP contribution in [0.2, 0.25) is 0 Å². The van der Waals surface area contributed by atoms with E-state index in [-0.39, 0.29) is 30.5 Å². The monoisotopic (exact) mass is 243 g/mol. The zero-order chi connectivity index (χ0) is 12.3. The van der Waals surface area contributed by atoms with Gasteiger partial charge in [0.15, 0.2) is 5.78 Å². The number of ether oxygens (including phenoxy) is 2. The molecule has 17 heavy (non-hydrogen) atoms. The number of nitrogens with zero attached hydrogens (tertiary/aromatic N) is 1. The van der Waals surface area contributed by atoms with Gasteiger partial charge in [-0.3, -0.25) is 9.69 Å². The summed E-state index contributed by atoms with van der Waals surface area (Å²) in [5.41, 5.74) is 0. The van der Waals surface area contributed by atoms with Crippen LogP contribution < -0.4 is 0 Å². The third kappa shape index (κ3) is 3.48. The first-order valence-corrected chi connectivity index (χ1v) is 6.28. The van der Waals surface area contributed by atoms with Gasteiger partial charge in [-0.05, 0) is 13.3 Å². The number of aliphatic hydroxyl groups is 1. The zero-order valence-corrected chi connectivity index (χ0v) is 10.3. The van der Waals surface area contributed by atoms with Crippen LogP contribution in [-0.2, 0) is 14.3 Å². The van der Waals surface area contributed by atoms with Crippen molar-refractivity contribution in [3.8, 4) is 0 Å². The Morgan fingerprint density at radius 1 is 1.47 bits per heavy atom. The van der Waals surface area contributed by atoms with Gasteiger partial charge in [-0.1, -0.05) is 0 Å². The molecule has 2 fully saturated rings. The Balaban J connectivity index is 1.82. The summed E-state index contributed by atoms with van der Waals surface area (Å²) in [6.07, 6.45) is 0.766. The van der Waals surface area contributed by atoms with E-state index in [0.29, 0.717) is 26.3 Å². The SMILES string of the molecule is CC1CN(CC(=O)C2CCOC2)CC(CO)O1. The molecular formula is C12H21NO4. The Hall–Kier alpha value is -0.490. The minimum Gasteiger partial charge on any atom is -0.394 e. The lowest BCUT2D eigenvalue weighted by Crippen LogP contribution is -2.50. The quantitative estimate of drug-likeness (QED) is 0.733. The van der Waals surface area contributed by atoms with Crippen LogP contribution in [0.25, 0.3) is 0 Å². The smallest absolute Gasteiger partial charge is 0.152 e. The molecule has 5 nitrogen and oxygen atoms in total. The van der Waals surface area contributed by atoms with Gasteiger partial charge in [0, 0.05) is 25.6 Å². The number of aliphatic hydroxyl groups excluding tert-OH is 1. The second-order valence-electron chi connectivity index (χ2n) is 4.97. The van der Waals surface area contributed by atoms with Gasteiger partial charge in [0.05, 0.1) is 32.0 Å². The van der Waals surface area contributed by atoms with Crippen LogP contribution in [0.15, 0.2) is 0 Å². The Morgan fingerprint density at radius 2 is 2.29 bits per heavy atom. The van der Waals surface area contributed by atoms with Gasteiger partial charge in [0.2, 0.25) is 0 Å². The van der Waals surface area contributed by atoms with Gasteiger partial charge >= 0.3 is 0 Å². The summed E-state index contributed by atoms with van der Waals surface area (Å²) in [6.45, 7) is 5.12. The average molecular weight is 243 g/mol. The number of carbonyl (C=O) groups excluding carboxylic acids is 1. The average Bonchev–Trinajstić information content (AvgIpc) is 2.81. The van der Waals surface area contributed by atoms with Gasteiger partial charge in [-0.2, -0.15) is 0 Å². The first-order chi connectivity index (χ1) is 8.19. The van der Waals surface area contributed by atoms with Crippen LogP contribution in [-0.4, -0.2) is 67.5 Å². The normalized spacial score (nSPS) is 35.1. The fourth-order valence-electron chi connectivity index (χ4n) is 2.51. The highest BCUT2D eigenvalue weighted by Gasteiger charge is 2.29. The van der Waals surface area contributed by atoms with Crippen molar-refractivity contribution in [1.82, 2.24) is 4.90 Å². The molecule has 2 saturated heterocycles. The van der Waals surface area contributed by atoms with Crippen LogP contribution in [0, 0.1) is 5.92 Å². The third-order valence-electron chi connectivity index (χ3n) is 3.37. The number of Topliss-reactive ketones (excluding diaryl/α,β-unsaturated/α-hetero) is 1. The minimum absolute atomic E-state index is 0.0154. The molecule has 3 unspecified atom stereocenters. The van der Waals surface area contributed by atoms with E-state index in [2.05, 4.69) is 4.90 Å². The van der Waals surface area contributed by atoms with Crippen LogP contribution in [0.4, 0.5) is 0 Å². The predicted octanol–water partition coefficient (Wildman–Crippen LogP) is -0.326. The van der Waals surface area contributed by atoms with E-state index in [0.717, 1.165) is 13.0 Å². The number of rotatable bonds is 4. The molecule has 2 aliphatic heterocycles. The van der Waals surface area contributed by atoms with Crippen molar-refractivity contribution in [1.29, 1.82) is 0 Å². The van der Waals surface area contributed by atoms with E-state index in [1.165, 1.54) is 0 Å². The molecule has 0 aromatic rings. The molecule has 2 aliphatic rings. The molecule has 0 amide bonds. The fraction of sp³-hybridized carbons (Fsp3) is 0.917. The van der Waals surface area contributed by atoms with E-state index < -0.39 is 0 Å². The molecule has 0 radical (unpaired) electrons. The van der Waals surface area contributed by atoms with Crippen LogP contribution in [0.1, 0.15) is 13.3 Å². The lowest BCUT2D eigenvalue weighted by molar-refractivity contribution is -0.130. The lowest BCUT2D eigenvalue weighted by atomic mass is 10.0. The summed E-state index contributed by atoms with van der Waals surface area (Å²) in [4.78, 5) is 14.1. The number of morpholine rings is 1. The molecule has 0 aromatic heterocycles. The van der Waals surface area contributed by atoms with Crippen LogP contribution >= 0.6 is 0 Å². The van der Waals surface area contributed by atoms with Gasteiger partial charge in [-0.15, -0.1) is 0 Å². The maximum atomic E-state index is 12.0. The van der Waals surface area contributed by atoms with Gasteiger partial charge in [0.1, 0.15) is 0 Å². The molecule has 2 heterocycles. The summed E-state index contributed by atoms with van der Waals surface area (Å²) < 4.78 is 10.8. The summed E-state index contributed by atoms with van der Waals surface area (Å²) in [6, 6.07) is 0. The van der Waals surface area contributed by atoms with E-state index >= 15 is 0 Å². The molecule has 5 heteroatoms. The number of ketones is 1. The molecule has 1 N–H and O–H groups in total. The number of carbonyl (C=O) groups is 1. The molecule has 0 spiro atoms. The van der Waals surface area contributed by atoms with E-state index in [1.807, 2.05) is 6.92 Å². The van der Waals surface area contributed by atoms with E-state index in [4.69, 9.17) is 14.6 Å². The van der Waals surface area contributed by atoms with Gasteiger partial charge < -0.3 is 14.6 Å². The van der Waals surface area contributed by atoms with Crippen molar-refractivity contribution < 1.29 is 19.4 Å². The van der Waals surface area contributed by atoms with Gasteiger partial charge in [0.25, 0.3) is 0 Å². The summed E-state index contributed by atoms with van der Waals surface area (Å²) in [5.74, 6) is 0.328. The van der Waals surface area contributed by atoms with E-state index in [1.54, 1.807) is 0 Å². The maximum absolute atomic E-state index is 12.0. The number of hydrogen-bond donors (Lipinski definition) is 1. The second kappa shape index (κ2) is 5.91. The molecule has 0 bridgehead atoms. The molecule has 0 aromatic carbocycles. The summed E-state index contributed by atoms with van der Waals surface area (Å²) in [5, 5.41) is 9.12. The molecule has 0 aliphatic carbocycles. The Morgan fingerprint density at radius 3 is 2.94 bits per heavy atom. The van der Waals surface area contributed by atoms with Crippen LogP contribution in [0.3, 0.4) is 0 Å². The first kappa shape index (κ1) is 13.0. The van der Waals surface area contributed by atoms with E-state index in [9.17, 15) is 4.79 Å². The molecule has 0 saturated carbocycles. The molecule has 2 rings (SSSR count). The fourth-order valence-corrected chi connectivity index (χ4v) is 2.51. The standard InChI is InChI=1S/C12H21NO4/c1-9-4-13(5-11(7-14)17-9)6-12(15)10-2-3-16-8-10/h9-11,14H,2-8H2,1H3. The third-order valence-corrected chi connectivity index (χ3v) is 3.37. The van der Waals surface area contributed by atoms with Crippen molar-refractivity contribution in [2.45, 2.75) is 25.6 Å². The maximum Gasteiger partial charge on any atom is 0.152 e. The summed E-state index contributed by atoms with van der Waals surface area (Å²) in [7, 11) is 0. The topological polar surface area (TPSA) is 59.0 Å². The minimum atomic E-state index is -0.161. The van der Waals surface area contributed by atoms with Crippen molar-refractivity contribution >= 4 is 5.78 Å². The molecule has 3 atom stereocenters. The van der Waals surface area contributed by atoms with Crippen molar-refractivity contribution in [3.63, 3.8) is 0 Å². The Kier molecular flexibility index (Phi) is 4.50. The number of hydrogen-bond acceptors (Lipinski definition) is 5. The second-order valence-corrected chi connectivity index (χ2v) is 4.97. The highest BCUT2D eigenvalue weighted by atomic mass is 16.5. The summed E-state index contributed by atoms with van der Waals surface area (Å²) >= 11 is 0. The van der Waals surface area contributed by atoms with Crippen molar-refractivity contribution in [2.75, 3.05) is 39.5 Å². The highest BCUT2D eigenvalue weighted by molar-refractivity contribution is 5.83. The predicted molar refractivity (Wildman–Crippen MR) is 61.8 cm³/mol. The molecular weight excluding hydrogens is 222 g/mol. The molecule has 98 valence electrons. The van der Waals surface area contributed by atoms with Gasteiger partial charge in [-0.25, -0.2) is 0 Å². The first-order valence-electron chi connectivity index (χ1n) is 6.28. The Labute approximate surface area is 102 Å². The van der Waals surface area contributed by atoms with Crippen molar-refractivity contribution in [3.05, 3.63) is 0 Å². The van der Waals surface area contributed by atoms with Crippen molar-refractivity contribution in [2.24, 2.45) is 5.92 Å². The Bertz CT molecular complexity index is 265. The zero-order valence-electron chi connectivity index (χ0n) is 10.3.